The SMILES string of the molecule is Cc1nccn1Cc1ccccc1NC(=O)c1ccc2c(c1)OCO2. The van der Waals surface area contributed by atoms with Gasteiger partial charge in [-0.3, -0.25) is 4.79 Å². The van der Waals surface area contributed by atoms with Crippen LogP contribution >= 0.6 is 0 Å². The minimum absolute atomic E-state index is 0.187. The predicted molar refractivity (Wildman–Crippen MR) is 93.0 cm³/mol. The van der Waals surface area contributed by atoms with E-state index in [1.54, 1.807) is 24.4 Å². The number of nitrogens with one attached hydrogen (secondary N) is 1. The minimum Gasteiger partial charge on any atom is -0.454 e. The van der Waals surface area contributed by atoms with E-state index in [0.29, 0.717) is 23.6 Å². The van der Waals surface area contributed by atoms with Crippen molar-refractivity contribution in [1.29, 1.82) is 0 Å². The Labute approximate surface area is 145 Å². The molecule has 126 valence electrons. The first-order valence-corrected chi connectivity index (χ1v) is 7.97. The second-order valence-corrected chi connectivity index (χ2v) is 5.78. The molecule has 1 amide bonds. The van der Waals surface area contributed by atoms with Crippen LogP contribution in [0.1, 0.15) is 21.7 Å². The van der Waals surface area contributed by atoms with Crippen LogP contribution in [0.2, 0.25) is 0 Å². The number of hydrogen-bond acceptors (Lipinski definition) is 4. The van der Waals surface area contributed by atoms with Crippen LogP contribution in [0, 0.1) is 6.92 Å². The molecule has 6 heteroatoms. The van der Waals surface area contributed by atoms with Gasteiger partial charge < -0.3 is 19.4 Å². The Hall–Kier alpha value is -3.28. The smallest absolute Gasteiger partial charge is 0.255 e. The summed E-state index contributed by atoms with van der Waals surface area (Å²) in [7, 11) is 0. The Bertz CT molecular complexity index is 933. The van der Waals surface area contributed by atoms with Crippen LogP contribution in [-0.4, -0.2) is 22.3 Å². The fourth-order valence-electron chi connectivity index (χ4n) is 2.77. The van der Waals surface area contributed by atoms with E-state index in [-0.39, 0.29) is 12.7 Å². The number of carbonyl (C=O) groups is 1. The van der Waals surface area contributed by atoms with Crippen molar-refractivity contribution in [3.8, 4) is 11.5 Å². The first-order valence-electron chi connectivity index (χ1n) is 7.97. The maximum absolute atomic E-state index is 12.6. The Balaban J connectivity index is 1.56. The summed E-state index contributed by atoms with van der Waals surface area (Å²) in [6.07, 6.45) is 3.69. The fourth-order valence-corrected chi connectivity index (χ4v) is 2.77. The highest BCUT2D eigenvalue weighted by Gasteiger charge is 2.17. The molecule has 25 heavy (non-hydrogen) atoms. The molecular weight excluding hydrogens is 318 g/mol. The lowest BCUT2D eigenvalue weighted by Gasteiger charge is -2.13. The molecule has 0 aliphatic carbocycles. The number of amides is 1. The molecule has 4 rings (SSSR count). The van der Waals surface area contributed by atoms with Gasteiger partial charge in [-0.2, -0.15) is 0 Å². The Morgan fingerprint density at radius 1 is 1.20 bits per heavy atom. The van der Waals surface area contributed by atoms with Gasteiger partial charge in [0.15, 0.2) is 11.5 Å². The molecule has 2 aromatic carbocycles. The van der Waals surface area contributed by atoms with Gasteiger partial charge in [0.1, 0.15) is 5.82 Å². The highest BCUT2D eigenvalue weighted by Crippen LogP contribution is 2.32. The van der Waals surface area contributed by atoms with Gasteiger partial charge in [-0.25, -0.2) is 4.98 Å². The number of anilines is 1. The summed E-state index contributed by atoms with van der Waals surface area (Å²) in [6, 6.07) is 12.9. The molecule has 1 aliphatic rings. The third kappa shape index (κ3) is 3.06. The summed E-state index contributed by atoms with van der Waals surface area (Å²) in [5.74, 6) is 1.99. The normalized spacial score (nSPS) is 12.2. The second kappa shape index (κ2) is 6.32. The zero-order valence-corrected chi connectivity index (χ0v) is 13.7. The number of fused-ring (bicyclic) bond motifs is 1. The number of ether oxygens (including phenoxy) is 2. The van der Waals surface area contributed by atoms with Gasteiger partial charge in [0.2, 0.25) is 6.79 Å². The lowest BCUT2D eigenvalue weighted by molar-refractivity contribution is 0.102. The van der Waals surface area contributed by atoms with Crippen molar-refractivity contribution < 1.29 is 14.3 Å². The number of para-hydroxylation sites is 1. The van der Waals surface area contributed by atoms with E-state index in [9.17, 15) is 4.79 Å². The summed E-state index contributed by atoms with van der Waals surface area (Å²) >= 11 is 0. The maximum Gasteiger partial charge on any atom is 0.255 e. The summed E-state index contributed by atoms with van der Waals surface area (Å²) in [4.78, 5) is 16.8. The van der Waals surface area contributed by atoms with Crippen LogP contribution in [0.25, 0.3) is 0 Å². The molecule has 1 N–H and O–H groups in total. The first kappa shape index (κ1) is 15.3. The summed E-state index contributed by atoms with van der Waals surface area (Å²) in [5, 5.41) is 2.98. The lowest BCUT2D eigenvalue weighted by Crippen LogP contribution is -2.14. The first-order chi connectivity index (χ1) is 12.2. The molecular formula is C19H17N3O3. The minimum atomic E-state index is -0.187. The predicted octanol–water partition coefficient (Wildman–Crippen LogP) is 3.22. The summed E-state index contributed by atoms with van der Waals surface area (Å²) < 4.78 is 12.6. The standard InChI is InChI=1S/C19H17N3O3/c1-13-20-8-9-22(13)11-15-4-2-3-5-16(15)21-19(23)14-6-7-17-18(10-14)25-12-24-17/h2-10H,11-12H2,1H3,(H,21,23). The van der Waals surface area contributed by atoms with Crippen LogP contribution < -0.4 is 14.8 Å². The van der Waals surface area contributed by atoms with Crippen molar-refractivity contribution in [3.05, 3.63) is 71.8 Å². The van der Waals surface area contributed by atoms with Crippen molar-refractivity contribution in [2.75, 3.05) is 12.1 Å². The molecule has 3 aromatic rings. The van der Waals surface area contributed by atoms with Gasteiger partial charge in [-0.15, -0.1) is 0 Å². The van der Waals surface area contributed by atoms with E-state index >= 15 is 0 Å². The molecule has 2 heterocycles. The van der Waals surface area contributed by atoms with Crippen LogP contribution in [0.5, 0.6) is 11.5 Å². The van der Waals surface area contributed by atoms with E-state index in [2.05, 4.69) is 10.3 Å². The molecule has 0 radical (unpaired) electrons. The van der Waals surface area contributed by atoms with E-state index in [4.69, 9.17) is 9.47 Å². The van der Waals surface area contributed by atoms with Crippen molar-refractivity contribution >= 4 is 11.6 Å². The van der Waals surface area contributed by atoms with Gasteiger partial charge in [-0.05, 0) is 36.8 Å². The molecule has 6 nitrogen and oxygen atoms in total. The molecule has 0 atom stereocenters. The van der Waals surface area contributed by atoms with Crippen molar-refractivity contribution in [2.24, 2.45) is 0 Å². The topological polar surface area (TPSA) is 65.4 Å². The largest absolute Gasteiger partial charge is 0.454 e. The third-order valence-electron chi connectivity index (χ3n) is 4.16. The molecule has 0 bridgehead atoms. The zero-order chi connectivity index (χ0) is 17.2. The van der Waals surface area contributed by atoms with E-state index in [1.165, 1.54) is 0 Å². The molecule has 0 saturated heterocycles. The quantitative estimate of drug-likeness (QED) is 0.795. The number of benzene rings is 2. The summed E-state index contributed by atoms with van der Waals surface area (Å²) in [6.45, 7) is 2.78. The fraction of sp³-hybridized carbons (Fsp3) is 0.158. The Morgan fingerprint density at radius 3 is 2.88 bits per heavy atom. The maximum atomic E-state index is 12.6. The van der Waals surface area contributed by atoms with Crippen LogP contribution in [-0.2, 0) is 6.54 Å². The molecule has 1 aromatic heterocycles. The number of hydrogen-bond donors (Lipinski definition) is 1. The van der Waals surface area contributed by atoms with Crippen molar-refractivity contribution in [3.63, 3.8) is 0 Å². The zero-order valence-electron chi connectivity index (χ0n) is 13.7. The highest BCUT2D eigenvalue weighted by molar-refractivity contribution is 6.05. The van der Waals surface area contributed by atoms with E-state index < -0.39 is 0 Å². The number of aromatic nitrogens is 2. The lowest BCUT2D eigenvalue weighted by atomic mass is 10.1. The van der Waals surface area contributed by atoms with Gasteiger partial charge in [0.05, 0.1) is 6.54 Å². The highest BCUT2D eigenvalue weighted by atomic mass is 16.7. The molecule has 0 fully saturated rings. The average Bonchev–Trinajstić information content (AvgIpc) is 3.25. The van der Waals surface area contributed by atoms with Crippen LogP contribution in [0.15, 0.2) is 54.9 Å². The van der Waals surface area contributed by atoms with E-state index in [0.717, 1.165) is 17.1 Å². The average molecular weight is 335 g/mol. The van der Waals surface area contributed by atoms with Crippen molar-refractivity contribution in [2.45, 2.75) is 13.5 Å². The number of carbonyl (C=O) groups excluding carboxylic acids is 1. The second-order valence-electron chi connectivity index (χ2n) is 5.78. The third-order valence-corrected chi connectivity index (χ3v) is 4.16. The molecule has 0 saturated carbocycles. The summed E-state index contributed by atoms with van der Waals surface area (Å²) in [5.41, 5.74) is 2.31. The van der Waals surface area contributed by atoms with E-state index in [1.807, 2.05) is 42.0 Å². The number of imidazole rings is 1. The van der Waals surface area contributed by atoms with Gasteiger partial charge in [0.25, 0.3) is 5.91 Å². The van der Waals surface area contributed by atoms with Crippen LogP contribution in [0.4, 0.5) is 5.69 Å². The van der Waals surface area contributed by atoms with Gasteiger partial charge in [0, 0.05) is 23.6 Å². The molecule has 0 unspecified atom stereocenters. The van der Waals surface area contributed by atoms with Gasteiger partial charge >= 0.3 is 0 Å². The van der Waals surface area contributed by atoms with Crippen LogP contribution in [0.3, 0.4) is 0 Å². The monoisotopic (exact) mass is 335 g/mol. The number of nitrogens with zero attached hydrogens (tertiary/aromatic N) is 2. The Kier molecular flexibility index (Phi) is 3.85. The number of rotatable bonds is 4. The Morgan fingerprint density at radius 2 is 2.04 bits per heavy atom. The number of aryl methyl sites for hydroxylation is 1. The van der Waals surface area contributed by atoms with Gasteiger partial charge in [-0.1, -0.05) is 18.2 Å². The van der Waals surface area contributed by atoms with Crippen molar-refractivity contribution in [1.82, 2.24) is 9.55 Å². The molecule has 0 spiro atoms. The molecule has 1 aliphatic heterocycles.